The minimum absolute atomic E-state index is 0.0796. The summed E-state index contributed by atoms with van der Waals surface area (Å²) in [6.45, 7) is 7.49. The number of hydrogen-bond donors (Lipinski definition) is 0. The van der Waals surface area contributed by atoms with Crippen LogP contribution in [0.3, 0.4) is 0 Å². The summed E-state index contributed by atoms with van der Waals surface area (Å²) in [5.41, 5.74) is 0. The molecular weight excluding hydrogens is 242 g/mol. The lowest BCUT2D eigenvalue weighted by Gasteiger charge is -2.18. The van der Waals surface area contributed by atoms with Gasteiger partial charge in [-0.05, 0) is 6.42 Å². The van der Waals surface area contributed by atoms with Crippen molar-refractivity contribution in [3.05, 3.63) is 25.3 Å². The van der Waals surface area contributed by atoms with E-state index in [1.165, 1.54) is 23.6 Å². The molecule has 0 saturated heterocycles. The third kappa shape index (κ3) is 6.23. The lowest BCUT2D eigenvalue weighted by Crippen LogP contribution is -2.33. The van der Waals surface area contributed by atoms with E-state index in [0.717, 1.165) is 0 Å². The van der Waals surface area contributed by atoms with E-state index in [1.807, 2.05) is 0 Å². The van der Waals surface area contributed by atoms with Gasteiger partial charge in [-0.2, -0.15) is 4.31 Å². The number of nitrogens with zero attached hydrogens (tertiary/aromatic N) is 1. The Morgan fingerprint density at radius 1 is 1.29 bits per heavy atom. The predicted octanol–water partition coefficient (Wildman–Crippen LogP) is 0.943. The fourth-order valence-electron chi connectivity index (χ4n) is 1.22. The van der Waals surface area contributed by atoms with Gasteiger partial charge in [-0.3, -0.25) is 4.79 Å². The SMILES string of the molecule is C=CCN(CC=C)S(=O)(=O)CCCC(=O)OC. The Balaban J connectivity index is 4.36. The van der Waals surface area contributed by atoms with Gasteiger partial charge in [0.15, 0.2) is 0 Å². The summed E-state index contributed by atoms with van der Waals surface area (Å²) in [6.07, 6.45) is 3.38. The van der Waals surface area contributed by atoms with Gasteiger partial charge in [-0.15, -0.1) is 13.2 Å². The van der Waals surface area contributed by atoms with Gasteiger partial charge in [0, 0.05) is 19.5 Å². The molecule has 0 aromatic rings. The molecule has 6 heteroatoms. The van der Waals surface area contributed by atoms with Crippen molar-refractivity contribution in [3.8, 4) is 0 Å². The molecule has 0 aliphatic carbocycles. The number of carbonyl (C=O) groups excluding carboxylic acids is 1. The summed E-state index contributed by atoms with van der Waals surface area (Å²) in [4.78, 5) is 10.9. The van der Waals surface area contributed by atoms with Gasteiger partial charge in [-0.1, -0.05) is 12.2 Å². The summed E-state index contributed by atoms with van der Waals surface area (Å²) < 4.78 is 29.4. The average molecular weight is 261 g/mol. The Labute approximate surface area is 103 Å². The van der Waals surface area contributed by atoms with Crippen LogP contribution in [-0.2, 0) is 19.6 Å². The normalized spacial score (nSPS) is 11.2. The largest absolute Gasteiger partial charge is 0.469 e. The Kier molecular flexibility index (Phi) is 7.49. The third-order valence-corrected chi connectivity index (χ3v) is 3.96. The highest BCUT2D eigenvalue weighted by atomic mass is 32.2. The molecule has 98 valence electrons. The lowest BCUT2D eigenvalue weighted by atomic mass is 10.3. The minimum Gasteiger partial charge on any atom is -0.469 e. The molecule has 0 radical (unpaired) electrons. The molecule has 0 bridgehead atoms. The summed E-state index contributed by atoms with van der Waals surface area (Å²) in [5, 5.41) is 0. The molecule has 0 amide bonds. The molecule has 0 unspecified atom stereocenters. The third-order valence-electron chi connectivity index (χ3n) is 2.07. The van der Waals surface area contributed by atoms with Crippen molar-refractivity contribution >= 4 is 16.0 Å². The molecule has 0 saturated carbocycles. The molecule has 0 rings (SSSR count). The van der Waals surface area contributed by atoms with Crippen molar-refractivity contribution in [1.29, 1.82) is 0 Å². The van der Waals surface area contributed by atoms with E-state index in [-0.39, 0.29) is 31.7 Å². The van der Waals surface area contributed by atoms with Crippen LogP contribution in [0, 0.1) is 0 Å². The molecule has 0 spiro atoms. The Morgan fingerprint density at radius 3 is 2.24 bits per heavy atom. The summed E-state index contributed by atoms with van der Waals surface area (Å²) in [6, 6.07) is 0. The van der Waals surface area contributed by atoms with Gasteiger partial charge >= 0.3 is 5.97 Å². The van der Waals surface area contributed by atoms with Gasteiger partial charge in [-0.25, -0.2) is 8.42 Å². The topological polar surface area (TPSA) is 63.7 Å². The highest BCUT2D eigenvalue weighted by Gasteiger charge is 2.19. The fourth-order valence-corrected chi connectivity index (χ4v) is 2.65. The molecule has 0 aromatic heterocycles. The maximum absolute atomic E-state index is 11.9. The van der Waals surface area contributed by atoms with Gasteiger partial charge in [0.25, 0.3) is 0 Å². The van der Waals surface area contributed by atoms with Crippen LogP contribution in [-0.4, -0.2) is 44.6 Å². The van der Waals surface area contributed by atoms with Crippen molar-refractivity contribution in [1.82, 2.24) is 4.31 Å². The van der Waals surface area contributed by atoms with Gasteiger partial charge < -0.3 is 4.74 Å². The molecular formula is C11H19NO4S. The van der Waals surface area contributed by atoms with E-state index in [0.29, 0.717) is 0 Å². The maximum atomic E-state index is 11.9. The van der Waals surface area contributed by atoms with Crippen molar-refractivity contribution < 1.29 is 17.9 Å². The zero-order valence-electron chi connectivity index (χ0n) is 10.1. The molecule has 0 atom stereocenters. The van der Waals surface area contributed by atoms with Crippen molar-refractivity contribution in [2.24, 2.45) is 0 Å². The number of carbonyl (C=O) groups is 1. The molecule has 0 aromatic carbocycles. The van der Waals surface area contributed by atoms with Crippen LogP contribution < -0.4 is 0 Å². The monoisotopic (exact) mass is 261 g/mol. The smallest absolute Gasteiger partial charge is 0.305 e. The first kappa shape index (κ1) is 15.9. The van der Waals surface area contributed by atoms with Crippen molar-refractivity contribution in [2.75, 3.05) is 26.0 Å². The Hall–Kier alpha value is -1.14. The molecule has 5 nitrogen and oxygen atoms in total. The van der Waals surface area contributed by atoms with E-state index in [9.17, 15) is 13.2 Å². The zero-order valence-corrected chi connectivity index (χ0v) is 10.9. The second kappa shape index (κ2) is 8.03. The van der Waals surface area contributed by atoms with Crippen LogP contribution in [0.4, 0.5) is 0 Å². The standard InChI is InChI=1S/C11H19NO4S/c1-4-8-12(9-5-2)17(14,15)10-6-7-11(13)16-3/h4-5H,1-2,6-10H2,3H3. The first-order chi connectivity index (χ1) is 7.97. The average Bonchev–Trinajstić information content (AvgIpc) is 2.28. The van der Waals surface area contributed by atoms with Gasteiger partial charge in [0.2, 0.25) is 10.0 Å². The number of ether oxygens (including phenoxy) is 1. The summed E-state index contributed by atoms with van der Waals surface area (Å²) in [5.74, 6) is -0.483. The summed E-state index contributed by atoms with van der Waals surface area (Å²) in [7, 11) is -2.09. The zero-order chi connectivity index (χ0) is 13.3. The van der Waals surface area contributed by atoms with Crippen LogP contribution in [0.5, 0.6) is 0 Å². The van der Waals surface area contributed by atoms with Gasteiger partial charge in [0.1, 0.15) is 0 Å². The number of hydrogen-bond acceptors (Lipinski definition) is 4. The van der Waals surface area contributed by atoms with Gasteiger partial charge in [0.05, 0.1) is 12.9 Å². The number of esters is 1. The fraction of sp³-hybridized carbons (Fsp3) is 0.545. The predicted molar refractivity (Wildman–Crippen MR) is 67.0 cm³/mol. The number of sulfonamides is 1. The molecule has 0 aliphatic heterocycles. The molecule has 0 aliphatic rings. The Bertz CT molecular complexity index is 352. The van der Waals surface area contributed by atoms with Crippen LogP contribution in [0.25, 0.3) is 0 Å². The van der Waals surface area contributed by atoms with E-state index in [1.54, 1.807) is 0 Å². The maximum Gasteiger partial charge on any atom is 0.305 e. The quantitative estimate of drug-likeness (QED) is 0.458. The molecule has 0 N–H and O–H groups in total. The van der Waals surface area contributed by atoms with Crippen LogP contribution in [0.15, 0.2) is 25.3 Å². The number of rotatable bonds is 9. The molecule has 17 heavy (non-hydrogen) atoms. The van der Waals surface area contributed by atoms with Crippen molar-refractivity contribution in [2.45, 2.75) is 12.8 Å². The van der Waals surface area contributed by atoms with E-state index in [4.69, 9.17) is 0 Å². The molecule has 0 heterocycles. The van der Waals surface area contributed by atoms with Crippen LogP contribution in [0.1, 0.15) is 12.8 Å². The van der Waals surface area contributed by atoms with E-state index >= 15 is 0 Å². The lowest BCUT2D eigenvalue weighted by molar-refractivity contribution is -0.140. The second-order valence-corrected chi connectivity index (χ2v) is 5.48. The highest BCUT2D eigenvalue weighted by Crippen LogP contribution is 2.05. The minimum atomic E-state index is -3.37. The number of methoxy groups -OCH3 is 1. The van der Waals surface area contributed by atoms with Crippen LogP contribution >= 0.6 is 0 Å². The summed E-state index contributed by atoms with van der Waals surface area (Å²) >= 11 is 0. The van der Waals surface area contributed by atoms with Crippen molar-refractivity contribution in [3.63, 3.8) is 0 Å². The molecule has 0 fully saturated rings. The highest BCUT2D eigenvalue weighted by molar-refractivity contribution is 7.89. The second-order valence-electron chi connectivity index (χ2n) is 3.39. The van der Waals surface area contributed by atoms with E-state index in [2.05, 4.69) is 17.9 Å². The Morgan fingerprint density at radius 2 is 1.82 bits per heavy atom. The van der Waals surface area contributed by atoms with E-state index < -0.39 is 16.0 Å². The first-order valence-electron chi connectivity index (χ1n) is 5.24. The first-order valence-corrected chi connectivity index (χ1v) is 6.85. The van der Waals surface area contributed by atoms with Crippen LogP contribution in [0.2, 0.25) is 0 Å².